The zero-order valence-electron chi connectivity index (χ0n) is 11.2. The van der Waals surface area contributed by atoms with Gasteiger partial charge in [-0.15, -0.1) is 0 Å². The molecule has 0 aromatic heterocycles. The first-order chi connectivity index (χ1) is 9.15. The summed E-state index contributed by atoms with van der Waals surface area (Å²) in [7, 11) is 0. The van der Waals surface area contributed by atoms with Crippen LogP contribution in [0.25, 0.3) is 0 Å². The maximum atomic E-state index is 13.3. The van der Waals surface area contributed by atoms with Crippen LogP contribution in [0.4, 0.5) is 10.1 Å². The second-order valence-corrected chi connectivity index (χ2v) is 4.58. The highest BCUT2D eigenvalue weighted by atomic mass is 19.1. The summed E-state index contributed by atoms with van der Waals surface area (Å²) in [6.07, 6.45) is 0. The van der Waals surface area contributed by atoms with Crippen molar-refractivity contribution in [1.82, 2.24) is 0 Å². The van der Waals surface area contributed by atoms with Gasteiger partial charge in [0.15, 0.2) is 0 Å². The highest BCUT2D eigenvalue weighted by Crippen LogP contribution is 2.16. The highest BCUT2D eigenvalue weighted by molar-refractivity contribution is 5.44. The van der Waals surface area contributed by atoms with E-state index in [1.807, 2.05) is 26.0 Å². The summed E-state index contributed by atoms with van der Waals surface area (Å²) in [4.78, 5) is 0. The van der Waals surface area contributed by atoms with Gasteiger partial charge in [-0.3, -0.25) is 0 Å². The average molecular weight is 259 g/mol. The molecule has 2 nitrogen and oxygen atoms in total. The van der Waals surface area contributed by atoms with E-state index >= 15 is 0 Å². The Bertz CT molecular complexity index is 534. The molecule has 0 radical (unpaired) electrons. The van der Waals surface area contributed by atoms with E-state index in [4.69, 9.17) is 4.74 Å². The van der Waals surface area contributed by atoms with Crippen LogP contribution in [-0.4, -0.2) is 13.2 Å². The number of benzene rings is 2. The third-order valence-corrected chi connectivity index (χ3v) is 2.76. The van der Waals surface area contributed by atoms with Gasteiger partial charge in [-0.05, 0) is 49.2 Å². The maximum Gasteiger partial charge on any atom is 0.146 e. The largest absolute Gasteiger partial charge is 0.492 e. The van der Waals surface area contributed by atoms with Crippen molar-refractivity contribution in [3.8, 4) is 5.75 Å². The fraction of sp³-hybridized carbons (Fsp3) is 0.250. The van der Waals surface area contributed by atoms with Gasteiger partial charge in [-0.1, -0.05) is 18.2 Å². The van der Waals surface area contributed by atoms with Crippen molar-refractivity contribution in [1.29, 1.82) is 0 Å². The van der Waals surface area contributed by atoms with Gasteiger partial charge < -0.3 is 10.1 Å². The van der Waals surface area contributed by atoms with Gasteiger partial charge in [-0.2, -0.15) is 0 Å². The number of halogens is 1. The van der Waals surface area contributed by atoms with E-state index in [2.05, 4.69) is 11.4 Å². The molecule has 0 saturated heterocycles. The Morgan fingerprint density at radius 1 is 1.05 bits per heavy atom. The summed E-state index contributed by atoms with van der Waals surface area (Å²) >= 11 is 0. The molecule has 0 saturated carbocycles. The third kappa shape index (κ3) is 3.98. The van der Waals surface area contributed by atoms with E-state index in [1.54, 1.807) is 18.2 Å². The van der Waals surface area contributed by atoms with E-state index in [0.717, 1.165) is 5.75 Å². The minimum atomic E-state index is -0.242. The first-order valence-corrected chi connectivity index (χ1v) is 6.34. The summed E-state index contributed by atoms with van der Waals surface area (Å²) in [5.41, 5.74) is 2.86. The lowest BCUT2D eigenvalue weighted by atomic mass is 10.1. The van der Waals surface area contributed by atoms with Crippen LogP contribution in [0.5, 0.6) is 5.75 Å². The lowest BCUT2D eigenvalue weighted by Crippen LogP contribution is -2.12. The number of para-hydroxylation sites is 1. The predicted molar refractivity (Wildman–Crippen MR) is 76.3 cm³/mol. The summed E-state index contributed by atoms with van der Waals surface area (Å²) in [5.74, 6) is 0.613. The predicted octanol–water partition coefficient (Wildman–Crippen LogP) is 3.93. The minimum Gasteiger partial charge on any atom is -0.492 e. The molecule has 0 aliphatic carbocycles. The first-order valence-electron chi connectivity index (χ1n) is 6.34. The standard InChI is InChI=1S/C16H18FNO/c1-12-9-13(2)11-14(10-12)19-8-7-18-16-6-4-3-5-15(16)17/h3-6,9-11,18H,7-8H2,1-2H3. The van der Waals surface area contributed by atoms with E-state index in [-0.39, 0.29) is 5.82 Å². The third-order valence-electron chi connectivity index (χ3n) is 2.76. The number of aryl methyl sites for hydroxylation is 2. The fourth-order valence-corrected chi connectivity index (χ4v) is 1.98. The Labute approximate surface area is 113 Å². The van der Waals surface area contributed by atoms with Crippen LogP contribution in [0.3, 0.4) is 0 Å². The molecular formula is C16H18FNO. The Morgan fingerprint density at radius 2 is 1.74 bits per heavy atom. The van der Waals surface area contributed by atoms with E-state index < -0.39 is 0 Å². The minimum absolute atomic E-state index is 0.242. The van der Waals surface area contributed by atoms with Gasteiger partial charge in [0.1, 0.15) is 18.2 Å². The van der Waals surface area contributed by atoms with Crippen molar-refractivity contribution in [2.75, 3.05) is 18.5 Å². The van der Waals surface area contributed by atoms with Crippen LogP contribution in [-0.2, 0) is 0 Å². The van der Waals surface area contributed by atoms with Crippen LogP contribution in [0.15, 0.2) is 42.5 Å². The molecular weight excluding hydrogens is 241 g/mol. The number of hydrogen-bond acceptors (Lipinski definition) is 2. The van der Waals surface area contributed by atoms with Crippen molar-refractivity contribution >= 4 is 5.69 Å². The quantitative estimate of drug-likeness (QED) is 0.821. The number of anilines is 1. The zero-order chi connectivity index (χ0) is 13.7. The van der Waals surface area contributed by atoms with Crippen LogP contribution in [0.1, 0.15) is 11.1 Å². The Hall–Kier alpha value is -2.03. The number of nitrogens with one attached hydrogen (secondary N) is 1. The van der Waals surface area contributed by atoms with Gasteiger partial charge >= 0.3 is 0 Å². The Kier molecular flexibility index (Phi) is 4.39. The number of ether oxygens (including phenoxy) is 1. The van der Waals surface area contributed by atoms with E-state index in [0.29, 0.717) is 18.8 Å². The monoisotopic (exact) mass is 259 g/mol. The molecule has 2 aromatic rings. The molecule has 1 N–H and O–H groups in total. The molecule has 0 aliphatic rings. The number of rotatable bonds is 5. The highest BCUT2D eigenvalue weighted by Gasteiger charge is 2.00. The van der Waals surface area contributed by atoms with Crippen molar-refractivity contribution in [2.24, 2.45) is 0 Å². The Balaban J connectivity index is 1.82. The van der Waals surface area contributed by atoms with E-state index in [9.17, 15) is 4.39 Å². The molecule has 0 atom stereocenters. The summed E-state index contributed by atoms with van der Waals surface area (Å²) in [5, 5.41) is 3.01. The maximum absolute atomic E-state index is 13.3. The molecule has 3 heteroatoms. The molecule has 2 aromatic carbocycles. The summed E-state index contributed by atoms with van der Waals surface area (Å²) < 4.78 is 19.0. The van der Waals surface area contributed by atoms with Gasteiger partial charge in [0.25, 0.3) is 0 Å². The van der Waals surface area contributed by atoms with Gasteiger partial charge in [0.05, 0.1) is 5.69 Å². The molecule has 0 aliphatic heterocycles. The molecule has 0 fully saturated rings. The second kappa shape index (κ2) is 6.23. The number of hydrogen-bond donors (Lipinski definition) is 1. The van der Waals surface area contributed by atoms with Crippen molar-refractivity contribution in [2.45, 2.75) is 13.8 Å². The fourth-order valence-electron chi connectivity index (χ4n) is 1.98. The van der Waals surface area contributed by atoms with Crippen LogP contribution in [0, 0.1) is 19.7 Å². The normalized spacial score (nSPS) is 10.3. The van der Waals surface area contributed by atoms with Crippen LogP contribution in [0.2, 0.25) is 0 Å². The smallest absolute Gasteiger partial charge is 0.146 e. The van der Waals surface area contributed by atoms with Gasteiger partial charge in [-0.25, -0.2) is 4.39 Å². The van der Waals surface area contributed by atoms with Crippen molar-refractivity contribution in [3.63, 3.8) is 0 Å². The lowest BCUT2D eigenvalue weighted by Gasteiger charge is -2.10. The lowest BCUT2D eigenvalue weighted by molar-refractivity contribution is 0.332. The molecule has 0 bridgehead atoms. The Morgan fingerprint density at radius 3 is 2.42 bits per heavy atom. The van der Waals surface area contributed by atoms with Crippen LogP contribution < -0.4 is 10.1 Å². The topological polar surface area (TPSA) is 21.3 Å². The van der Waals surface area contributed by atoms with Crippen molar-refractivity contribution < 1.29 is 9.13 Å². The first kappa shape index (κ1) is 13.4. The summed E-state index contributed by atoms with van der Waals surface area (Å²) in [6, 6.07) is 12.7. The van der Waals surface area contributed by atoms with Gasteiger partial charge in [0, 0.05) is 6.54 Å². The molecule has 2 rings (SSSR count). The van der Waals surface area contributed by atoms with E-state index in [1.165, 1.54) is 17.2 Å². The molecule has 0 spiro atoms. The van der Waals surface area contributed by atoms with Gasteiger partial charge in [0.2, 0.25) is 0 Å². The second-order valence-electron chi connectivity index (χ2n) is 4.58. The molecule has 0 amide bonds. The molecule has 100 valence electrons. The summed E-state index contributed by atoms with van der Waals surface area (Å²) in [6.45, 7) is 5.14. The molecule has 0 unspecified atom stereocenters. The van der Waals surface area contributed by atoms with Crippen molar-refractivity contribution in [3.05, 3.63) is 59.4 Å². The van der Waals surface area contributed by atoms with Crippen LogP contribution >= 0.6 is 0 Å². The average Bonchev–Trinajstić information content (AvgIpc) is 2.35. The molecule has 19 heavy (non-hydrogen) atoms. The zero-order valence-corrected chi connectivity index (χ0v) is 11.2. The molecule has 0 heterocycles. The SMILES string of the molecule is Cc1cc(C)cc(OCCNc2ccccc2F)c1.